The van der Waals surface area contributed by atoms with E-state index >= 15 is 0 Å². The lowest BCUT2D eigenvalue weighted by molar-refractivity contribution is -0.137. The Morgan fingerprint density at radius 1 is 1.08 bits per heavy atom. The van der Waals surface area contributed by atoms with Gasteiger partial charge in [-0.3, -0.25) is 4.79 Å². The van der Waals surface area contributed by atoms with Gasteiger partial charge in [-0.2, -0.15) is 13.2 Å². The van der Waals surface area contributed by atoms with Crippen molar-refractivity contribution in [2.24, 2.45) is 0 Å². The minimum absolute atomic E-state index is 0.0547. The van der Waals surface area contributed by atoms with Crippen molar-refractivity contribution in [3.63, 3.8) is 0 Å². The van der Waals surface area contributed by atoms with Crippen LogP contribution in [0.3, 0.4) is 0 Å². The van der Waals surface area contributed by atoms with Gasteiger partial charge < -0.3 is 10.6 Å². The SMILES string of the molecule is O=C(CCNc1cccc(Cl)c1Cl)Nc1cccc(C(F)(F)F)c1. The zero-order chi connectivity index (χ0) is 17.7. The summed E-state index contributed by atoms with van der Waals surface area (Å²) in [6.45, 7) is 0.255. The van der Waals surface area contributed by atoms with E-state index in [0.29, 0.717) is 15.7 Å². The van der Waals surface area contributed by atoms with Crippen molar-refractivity contribution in [2.45, 2.75) is 12.6 Å². The predicted octanol–water partition coefficient (Wildman–Crippen LogP) is 5.45. The number of nitrogens with one attached hydrogen (secondary N) is 2. The van der Waals surface area contributed by atoms with Crippen LogP contribution in [0, 0.1) is 0 Å². The molecule has 1 amide bonds. The van der Waals surface area contributed by atoms with Gasteiger partial charge in [0.2, 0.25) is 5.91 Å². The largest absolute Gasteiger partial charge is 0.416 e. The fourth-order valence-corrected chi connectivity index (χ4v) is 2.32. The monoisotopic (exact) mass is 376 g/mol. The summed E-state index contributed by atoms with van der Waals surface area (Å²) in [4.78, 5) is 11.8. The van der Waals surface area contributed by atoms with E-state index in [2.05, 4.69) is 10.6 Å². The molecular weight excluding hydrogens is 364 g/mol. The summed E-state index contributed by atoms with van der Waals surface area (Å²) in [5.74, 6) is -0.417. The Kier molecular flexibility index (Phi) is 5.96. The minimum atomic E-state index is -4.45. The van der Waals surface area contributed by atoms with Gasteiger partial charge in [-0.25, -0.2) is 0 Å². The van der Waals surface area contributed by atoms with E-state index in [-0.39, 0.29) is 18.7 Å². The fourth-order valence-electron chi connectivity index (χ4n) is 1.95. The number of anilines is 2. The van der Waals surface area contributed by atoms with Gasteiger partial charge in [0.1, 0.15) is 0 Å². The number of alkyl halides is 3. The van der Waals surface area contributed by atoms with Crippen LogP contribution in [-0.2, 0) is 11.0 Å². The van der Waals surface area contributed by atoms with Crippen LogP contribution in [0.5, 0.6) is 0 Å². The summed E-state index contributed by atoms with van der Waals surface area (Å²) in [7, 11) is 0. The van der Waals surface area contributed by atoms with Gasteiger partial charge in [-0.15, -0.1) is 0 Å². The summed E-state index contributed by atoms with van der Waals surface area (Å²) < 4.78 is 37.9. The number of carbonyl (C=O) groups excluding carboxylic acids is 1. The maximum atomic E-state index is 12.6. The molecule has 2 N–H and O–H groups in total. The second-order valence-corrected chi connectivity index (χ2v) is 5.69. The molecular formula is C16H13Cl2F3N2O. The first-order valence-electron chi connectivity index (χ1n) is 6.92. The normalized spacial score (nSPS) is 11.2. The number of benzene rings is 2. The lowest BCUT2D eigenvalue weighted by Crippen LogP contribution is -2.17. The van der Waals surface area contributed by atoms with Gasteiger partial charge >= 0.3 is 6.18 Å². The van der Waals surface area contributed by atoms with Crippen LogP contribution in [0.25, 0.3) is 0 Å². The standard InChI is InChI=1S/C16H13Cl2F3N2O/c17-12-5-2-6-13(15(12)18)22-8-7-14(24)23-11-4-1-3-10(9-11)16(19,20)21/h1-6,9,22H,7-8H2,(H,23,24). The zero-order valence-corrected chi connectivity index (χ0v) is 13.8. The second-order valence-electron chi connectivity index (χ2n) is 4.90. The van der Waals surface area contributed by atoms with Crippen LogP contribution in [0.1, 0.15) is 12.0 Å². The summed E-state index contributed by atoms with van der Waals surface area (Å²) in [5.41, 5.74) is -0.143. The number of hydrogen-bond donors (Lipinski definition) is 2. The predicted molar refractivity (Wildman–Crippen MR) is 89.6 cm³/mol. The summed E-state index contributed by atoms with van der Waals surface area (Å²) in [6, 6.07) is 9.52. The van der Waals surface area contributed by atoms with Crippen LogP contribution >= 0.6 is 23.2 Å². The molecule has 0 atom stereocenters. The van der Waals surface area contributed by atoms with E-state index in [1.54, 1.807) is 18.2 Å². The Labute approximate surface area is 146 Å². The molecule has 0 aliphatic heterocycles. The van der Waals surface area contributed by atoms with Crippen molar-refractivity contribution >= 4 is 40.5 Å². The molecule has 0 heterocycles. The van der Waals surface area contributed by atoms with Crippen LogP contribution in [-0.4, -0.2) is 12.5 Å². The molecule has 24 heavy (non-hydrogen) atoms. The first-order chi connectivity index (χ1) is 11.3. The van der Waals surface area contributed by atoms with E-state index < -0.39 is 17.6 Å². The Morgan fingerprint density at radius 3 is 2.50 bits per heavy atom. The zero-order valence-electron chi connectivity index (χ0n) is 12.3. The number of rotatable bonds is 5. The smallest absolute Gasteiger partial charge is 0.383 e. The van der Waals surface area contributed by atoms with Crippen LogP contribution in [0.2, 0.25) is 10.0 Å². The molecule has 0 aromatic heterocycles. The third kappa shape index (κ3) is 5.04. The van der Waals surface area contributed by atoms with Crippen molar-refractivity contribution in [1.29, 1.82) is 0 Å². The second kappa shape index (κ2) is 7.77. The van der Waals surface area contributed by atoms with Crippen molar-refractivity contribution in [2.75, 3.05) is 17.2 Å². The molecule has 8 heteroatoms. The average molecular weight is 377 g/mol. The molecule has 0 bridgehead atoms. The maximum absolute atomic E-state index is 12.6. The van der Waals surface area contributed by atoms with Gasteiger partial charge in [0.25, 0.3) is 0 Å². The highest BCUT2D eigenvalue weighted by molar-refractivity contribution is 6.43. The third-order valence-corrected chi connectivity index (χ3v) is 3.91. The average Bonchev–Trinajstić information content (AvgIpc) is 2.51. The molecule has 0 aliphatic carbocycles. The molecule has 0 aliphatic rings. The van der Waals surface area contributed by atoms with E-state index in [0.717, 1.165) is 12.1 Å². The third-order valence-electron chi connectivity index (χ3n) is 3.09. The highest BCUT2D eigenvalue weighted by Crippen LogP contribution is 2.31. The van der Waals surface area contributed by atoms with Gasteiger partial charge in [0.15, 0.2) is 0 Å². The maximum Gasteiger partial charge on any atom is 0.416 e. The quantitative estimate of drug-likeness (QED) is 0.727. The Morgan fingerprint density at radius 2 is 1.79 bits per heavy atom. The first-order valence-corrected chi connectivity index (χ1v) is 7.68. The molecule has 2 rings (SSSR count). The highest BCUT2D eigenvalue weighted by Gasteiger charge is 2.30. The van der Waals surface area contributed by atoms with Crippen molar-refractivity contribution in [3.8, 4) is 0 Å². The Balaban J connectivity index is 1.89. The van der Waals surface area contributed by atoms with Gasteiger partial charge in [0.05, 0.1) is 21.3 Å². The van der Waals surface area contributed by atoms with Crippen molar-refractivity contribution < 1.29 is 18.0 Å². The molecule has 0 unspecified atom stereocenters. The number of amides is 1. The molecule has 2 aromatic rings. The van der Waals surface area contributed by atoms with Crippen LogP contribution in [0.4, 0.5) is 24.5 Å². The Bertz CT molecular complexity index is 736. The number of carbonyl (C=O) groups is 1. The first kappa shape index (κ1) is 18.4. The van der Waals surface area contributed by atoms with Gasteiger partial charge in [-0.05, 0) is 30.3 Å². The van der Waals surface area contributed by atoms with Crippen molar-refractivity contribution in [1.82, 2.24) is 0 Å². The topological polar surface area (TPSA) is 41.1 Å². The lowest BCUT2D eigenvalue weighted by atomic mass is 10.2. The molecule has 128 valence electrons. The Hall–Kier alpha value is -1.92. The number of halogens is 5. The fraction of sp³-hybridized carbons (Fsp3) is 0.188. The minimum Gasteiger partial charge on any atom is -0.383 e. The van der Waals surface area contributed by atoms with Gasteiger partial charge in [0, 0.05) is 18.7 Å². The molecule has 0 saturated carbocycles. The van der Waals surface area contributed by atoms with Gasteiger partial charge in [-0.1, -0.05) is 35.3 Å². The highest BCUT2D eigenvalue weighted by atomic mass is 35.5. The molecule has 0 spiro atoms. The van der Waals surface area contributed by atoms with Crippen LogP contribution < -0.4 is 10.6 Å². The van der Waals surface area contributed by atoms with Crippen molar-refractivity contribution in [3.05, 3.63) is 58.1 Å². The van der Waals surface area contributed by atoms with E-state index in [1.807, 2.05) is 0 Å². The molecule has 3 nitrogen and oxygen atoms in total. The summed E-state index contributed by atoms with van der Waals surface area (Å²) in [6.07, 6.45) is -4.40. The number of hydrogen-bond acceptors (Lipinski definition) is 2. The van der Waals surface area contributed by atoms with Crippen LogP contribution in [0.15, 0.2) is 42.5 Å². The summed E-state index contributed by atoms with van der Waals surface area (Å²) in [5, 5.41) is 6.11. The van der Waals surface area contributed by atoms with E-state index in [1.165, 1.54) is 12.1 Å². The van der Waals surface area contributed by atoms with E-state index in [9.17, 15) is 18.0 Å². The lowest BCUT2D eigenvalue weighted by Gasteiger charge is -2.11. The summed E-state index contributed by atoms with van der Waals surface area (Å²) >= 11 is 11.9. The molecule has 0 radical (unpaired) electrons. The van der Waals surface area contributed by atoms with E-state index in [4.69, 9.17) is 23.2 Å². The molecule has 0 fully saturated rings. The molecule has 0 saturated heterocycles. The molecule has 2 aromatic carbocycles.